The number of hydrogen-bond donors (Lipinski definition) is 5. The van der Waals surface area contributed by atoms with E-state index in [0.29, 0.717) is 11.0 Å². The molecule has 0 radical (unpaired) electrons. The van der Waals surface area contributed by atoms with Crippen molar-refractivity contribution in [2.45, 2.75) is 50.8 Å². The smallest absolute Gasteiger partial charge is 0.336 e. The number of esters is 1. The van der Waals surface area contributed by atoms with Crippen molar-refractivity contribution in [1.29, 1.82) is 0 Å². The van der Waals surface area contributed by atoms with Gasteiger partial charge in [-0.3, -0.25) is 43.4 Å². The van der Waals surface area contributed by atoms with Gasteiger partial charge in [-0.2, -0.15) is 0 Å². The van der Waals surface area contributed by atoms with Gasteiger partial charge in [0.05, 0.1) is 12.2 Å². The molecule has 0 spiro atoms. The van der Waals surface area contributed by atoms with Crippen molar-refractivity contribution in [3.8, 4) is 0 Å². The Hall–Kier alpha value is -4.93. The average Bonchev–Trinajstić information content (AvgIpc) is 3.32. The maximum atomic E-state index is 12.6. The molecular formula is C23H26N4O13. The zero-order valence-electron chi connectivity index (χ0n) is 21.0. The zero-order valence-corrected chi connectivity index (χ0v) is 21.0. The standard InChI is InChI=1S/C23H26N4O13/c1-11(28)20(25-15(30)6-8-26-16(31)3-4-17(26)32)23(39)40-13-10-18(33)27(21(13)36)9-7-14(29)24-12(22(37)38)2-5-19(34)35/h3-4,10-12,20,28H,2,5-9H2,1H3,(H,24,29)(H,25,30)(H,34,35)(H,37,38). The summed E-state index contributed by atoms with van der Waals surface area (Å²) >= 11 is 0. The molecule has 0 aliphatic carbocycles. The van der Waals surface area contributed by atoms with E-state index >= 15 is 0 Å². The fourth-order valence-electron chi connectivity index (χ4n) is 3.43. The number of carboxylic acids is 2. The molecule has 40 heavy (non-hydrogen) atoms. The molecule has 3 atom stereocenters. The van der Waals surface area contributed by atoms with Crippen LogP contribution in [0.1, 0.15) is 32.6 Å². The van der Waals surface area contributed by atoms with E-state index < -0.39 is 110 Å². The molecule has 17 heteroatoms. The van der Waals surface area contributed by atoms with E-state index in [1.807, 2.05) is 0 Å². The lowest BCUT2D eigenvalue weighted by Gasteiger charge is -2.21. The van der Waals surface area contributed by atoms with Crippen molar-refractivity contribution < 1.29 is 63.2 Å². The number of ether oxygens (including phenoxy) is 1. The minimum Gasteiger partial charge on any atom is -0.481 e. The van der Waals surface area contributed by atoms with Gasteiger partial charge in [-0.25, -0.2) is 9.59 Å². The van der Waals surface area contributed by atoms with E-state index in [0.717, 1.165) is 24.0 Å². The van der Waals surface area contributed by atoms with Crippen molar-refractivity contribution in [1.82, 2.24) is 20.4 Å². The first kappa shape index (κ1) is 31.3. The molecule has 216 valence electrons. The Morgan fingerprint density at radius 3 is 1.93 bits per heavy atom. The summed E-state index contributed by atoms with van der Waals surface area (Å²) in [7, 11) is 0. The van der Waals surface area contributed by atoms with Crippen molar-refractivity contribution in [2.75, 3.05) is 13.1 Å². The molecular weight excluding hydrogens is 540 g/mol. The summed E-state index contributed by atoms with van der Waals surface area (Å²) in [5.74, 6) is -9.89. The summed E-state index contributed by atoms with van der Waals surface area (Å²) in [6.07, 6.45) is -0.719. The van der Waals surface area contributed by atoms with Crippen LogP contribution in [0.2, 0.25) is 0 Å². The van der Waals surface area contributed by atoms with Gasteiger partial charge in [-0.15, -0.1) is 0 Å². The number of aliphatic hydroxyl groups is 1. The van der Waals surface area contributed by atoms with Gasteiger partial charge in [0.2, 0.25) is 17.6 Å². The summed E-state index contributed by atoms with van der Waals surface area (Å²) in [4.78, 5) is 108. The number of carbonyl (C=O) groups excluding carboxylic acids is 7. The minimum absolute atomic E-state index is 0.300. The van der Waals surface area contributed by atoms with E-state index in [1.54, 1.807) is 0 Å². The van der Waals surface area contributed by atoms with Crippen LogP contribution in [0.15, 0.2) is 24.0 Å². The zero-order chi connectivity index (χ0) is 30.1. The van der Waals surface area contributed by atoms with Gasteiger partial charge >= 0.3 is 17.9 Å². The Morgan fingerprint density at radius 1 is 0.850 bits per heavy atom. The molecule has 3 unspecified atom stereocenters. The maximum Gasteiger partial charge on any atom is 0.336 e. The van der Waals surface area contributed by atoms with Crippen LogP contribution in [0.25, 0.3) is 0 Å². The van der Waals surface area contributed by atoms with Crippen LogP contribution in [0.5, 0.6) is 0 Å². The van der Waals surface area contributed by atoms with Gasteiger partial charge in [0, 0.05) is 44.5 Å². The first-order valence-electron chi connectivity index (χ1n) is 11.7. The molecule has 0 aromatic carbocycles. The minimum atomic E-state index is -1.70. The van der Waals surface area contributed by atoms with Gasteiger partial charge in [0.25, 0.3) is 23.6 Å². The number of aliphatic carboxylic acids is 2. The molecule has 5 N–H and O–H groups in total. The fourth-order valence-corrected chi connectivity index (χ4v) is 3.43. The van der Waals surface area contributed by atoms with Crippen LogP contribution in [-0.4, -0.2) is 110 Å². The monoisotopic (exact) mass is 566 g/mol. The Labute approximate surface area is 225 Å². The van der Waals surface area contributed by atoms with Gasteiger partial charge in [0.15, 0.2) is 6.04 Å². The molecule has 2 aliphatic rings. The van der Waals surface area contributed by atoms with E-state index in [4.69, 9.17) is 14.9 Å². The molecule has 0 aromatic rings. The van der Waals surface area contributed by atoms with Crippen molar-refractivity contribution in [3.05, 3.63) is 24.0 Å². The quantitative estimate of drug-likeness (QED) is 0.0967. The number of carbonyl (C=O) groups is 9. The summed E-state index contributed by atoms with van der Waals surface area (Å²) in [6.45, 7) is 0.294. The highest BCUT2D eigenvalue weighted by Crippen LogP contribution is 2.16. The van der Waals surface area contributed by atoms with Crippen LogP contribution in [0, 0.1) is 0 Å². The molecule has 0 saturated heterocycles. The third-order valence-electron chi connectivity index (χ3n) is 5.55. The predicted molar refractivity (Wildman–Crippen MR) is 126 cm³/mol. The Bertz CT molecular complexity index is 1170. The lowest BCUT2D eigenvalue weighted by Crippen LogP contribution is -2.49. The third kappa shape index (κ3) is 8.55. The van der Waals surface area contributed by atoms with Crippen molar-refractivity contribution in [2.24, 2.45) is 0 Å². The Morgan fingerprint density at radius 2 is 1.40 bits per heavy atom. The van der Waals surface area contributed by atoms with Crippen LogP contribution in [0.4, 0.5) is 0 Å². The van der Waals surface area contributed by atoms with Crippen molar-refractivity contribution in [3.63, 3.8) is 0 Å². The summed E-state index contributed by atoms with van der Waals surface area (Å²) in [5, 5.41) is 31.9. The maximum absolute atomic E-state index is 12.6. The largest absolute Gasteiger partial charge is 0.481 e. The summed E-state index contributed by atoms with van der Waals surface area (Å²) in [5.41, 5.74) is 0. The van der Waals surface area contributed by atoms with E-state index in [9.17, 15) is 48.3 Å². The van der Waals surface area contributed by atoms with Gasteiger partial charge in [-0.05, 0) is 13.3 Å². The van der Waals surface area contributed by atoms with Crippen molar-refractivity contribution >= 4 is 53.4 Å². The number of amides is 6. The summed E-state index contributed by atoms with van der Waals surface area (Å²) in [6, 6.07) is -3.21. The van der Waals surface area contributed by atoms with Crippen LogP contribution in [-0.2, 0) is 47.9 Å². The van der Waals surface area contributed by atoms with E-state index in [1.165, 1.54) is 0 Å². The molecule has 6 amide bonds. The van der Waals surface area contributed by atoms with Gasteiger partial charge in [-0.1, -0.05) is 0 Å². The highest BCUT2D eigenvalue weighted by molar-refractivity contribution is 6.16. The normalized spacial score (nSPS) is 16.9. The fraction of sp³-hybridized carbons (Fsp3) is 0.435. The van der Waals surface area contributed by atoms with Gasteiger partial charge < -0.3 is 30.7 Å². The molecule has 0 aromatic heterocycles. The molecule has 17 nitrogen and oxygen atoms in total. The van der Waals surface area contributed by atoms with Gasteiger partial charge in [0.1, 0.15) is 6.04 Å². The molecule has 0 fully saturated rings. The lowest BCUT2D eigenvalue weighted by atomic mass is 10.1. The SMILES string of the molecule is CC(O)C(NC(=O)CCN1C(=O)C=CC1=O)C(=O)OC1=CC(=O)N(CCC(=O)NC(CCC(=O)O)C(=O)O)C1=O. The highest BCUT2D eigenvalue weighted by Gasteiger charge is 2.37. The second-order valence-corrected chi connectivity index (χ2v) is 8.56. The number of rotatable bonds is 15. The average molecular weight is 566 g/mol. The molecule has 0 bridgehead atoms. The number of imide groups is 2. The molecule has 2 aliphatic heterocycles. The predicted octanol–water partition coefficient (Wildman–Crippen LogP) is -3.21. The second-order valence-electron chi connectivity index (χ2n) is 8.56. The Balaban J connectivity index is 1.90. The number of carboxylic acid groups (broad SMARTS) is 2. The molecule has 2 rings (SSSR count). The highest BCUT2D eigenvalue weighted by atomic mass is 16.5. The van der Waals surface area contributed by atoms with Crippen LogP contribution >= 0.6 is 0 Å². The first-order valence-corrected chi connectivity index (χ1v) is 11.7. The second kappa shape index (κ2) is 13.7. The number of nitrogens with zero attached hydrogens (tertiary/aromatic N) is 2. The Kier molecular flexibility index (Phi) is 10.7. The number of hydrogen-bond acceptors (Lipinski definition) is 11. The number of aliphatic hydroxyl groups excluding tert-OH is 1. The number of nitrogens with one attached hydrogen (secondary N) is 2. The lowest BCUT2D eigenvalue weighted by molar-refractivity contribution is -0.151. The van der Waals surface area contributed by atoms with E-state index in [-0.39, 0.29) is 6.54 Å². The first-order chi connectivity index (χ1) is 18.7. The van der Waals surface area contributed by atoms with E-state index in [2.05, 4.69) is 10.6 Å². The third-order valence-corrected chi connectivity index (χ3v) is 5.55. The molecule has 0 saturated carbocycles. The van der Waals surface area contributed by atoms with Crippen LogP contribution < -0.4 is 10.6 Å². The molecule has 2 heterocycles. The van der Waals surface area contributed by atoms with Crippen LogP contribution in [0.3, 0.4) is 0 Å². The summed E-state index contributed by atoms with van der Waals surface area (Å²) < 4.78 is 4.89. The topological polar surface area (TPSA) is 254 Å².